The zero-order chi connectivity index (χ0) is 18.7. The Labute approximate surface area is 159 Å². The summed E-state index contributed by atoms with van der Waals surface area (Å²) in [6.45, 7) is 14.1. The van der Waals surface area contributed by atoms with Crippen LogP contribution in [0.25, 0.3) is 0 Å². The molecule has 2 heterocycles. The summed E-state index contributed by atoms with van der Waals surface area (Å²) in [5.41, 5.74) is 0. The van der Waals surface area contributed by atoms with Crippen LogP contribution < -0.4 is 20.1 Å². The number of fused-ring (bicyclic) bond motifs is 2. The Morgan fingerprint density at radius 1 is 0.615 bits per heavy atom. The van der Waals surface area contributed by atoms with E-state index in [1.807, 2.05) is 0 Å². The Balaban J connectivity index is 1.80. The van der Waals surface area contributed by atoms with Crippen molar-refractivity contribution >= 4 is 26.5 Å². The SMILES string of the molecule is CC(C)(C)[P@]1c2ccccc2O[C@H]1[C@@H]1Oc2ccccc2[P@]1C(C)(C)C. The number of benzene rings is 2. The van der Waals surface area contributed by atoms with Gasteiger partial charge >= 0.3 is 0 Å². The minimum absolute atomic E-state index is 0.111. The molecule has 26 heavy (non-hydrogen) atoms. The predicted molar refractivity (Wildman–Crippen MR) is 114 cm³/mol. The molecule has 0 fully saturated rings. The standard InChI is InChI=1S/C22H28O2P2/c1-21(2,3)25-17-13-9-7-11-15(17)23-19(25)20-24-16-12-8-10-14-18(16)26(20)22(4,5)6/h7-14,19-20H,1-6H3/t19-,20-,25-,26+/m1/s1. The van der Waals surface area contributed by atoms with Gasteiger partial charge in [-0.05, 0) is 38.3 Å². The van der Waals surface area contributed by atoms with Crippen molar-refractivity contribution in [3.05, 3.63) is 48.5 Å². The second-order valence-electron chi connectivity index (χ2n) is 9.03. The zero-order valence-electron chi connectivity index (χ0n) is 16.5. The van der Waals surface area contributed by atoms with E-state index in [9.17, 15) is 0 Å². The third-order valence-electron chi connectivity index (χ3n) is 4.94. The minimum Gasteiger partial charge on any atom is -0.481 e. The van der Waals surface area contributed by atoms with Gasteiger partial charge in [0.2, 0.25) is 0 Å². The molecular formula is C22H28O2P2. The van der Waals surface area contributed by atoms with Crippen molar-refractivity contribution in [2.45, 2.75) is 63.5 Å². The number of ether oxygens (including phenoxy) is 2. The molecule has 0 N–H and O–H groups in total. The van der Waals surface area contributed by atoms with Crippen LogP contribution in [0.15, 0.2) is 48.5 Å². The van der Waals surface area contributed by atoms with Gasteiger partial charge in [0, 0.05) is 10.6 Å². The first kappa shape index (κ1) is 18.3. The van der Waals surface area contributed by atoms with E-state index in [4.69, 9.17) is 9.47 Å². The largest absolute Gasteiger partial charge is 0.481 e. The van der Waals surface area contributed by atoms with Crippen molar-refractivity contribution in [3.63, 3.8) is 0 Å². The van der Waals surface area contributed by atoms with Gasteiger partial charge in [0.25, 0.3) is 0 Å². The van der Waals surface area contributed by atoms with Gasteiger partial charge in [-0.3, -0.25) is 0 Å². The lowest BCUT2D eigenvalue weighted by atomic mass is 10.3. The van der Waals surface area contributed by atoms with Gasteiger partial charge in [-0.15, -0.1) is 0 Å². The number of para-hydroxylation sites is 2. The first-order chi connectivity index (χ1) is 12.2. The highest BCUT2D eigenvalue weighted by Crippen LogP contribution is 2.67. The first-order valence-corrected chi connectivity index (χ1v) is 12.1. The molecule has 4 rings (SSSR count). The summed E-state index contributed by atoms with van der Waals surface area (Å²) in [4.78, 5) is 0. The highest BCUT2D eigenvalue weighted by Gasteiger charge is 2.53. The lowest BCUT2D eigenvalue weighted by Gasteiger charge is -2.39. The number of hydrogen-bond acceptors (Lipinski definition) is 2. The summed E-state index contributed by atoms with van der Waals surface area (Å²) in [6.07, 6.45) is 0. The molecule has 4 atom stereocenters. The summed E-state index contributed by atoms with van der Waals surface area (Å²) in [5, 5.41) is 3.12. The molecular weight excluding hydrogens is 358 g/mol. The van der Waals surface area contributed by atoms with Gasteiger partial charge in [-0.25, -0.2) is 0 Å². The topological polar surface area (TPSA) is 18.5 Å². The maximum Gasteiger partial charge on any atom is 0.162 e. The fourth-order valence-corrected chi connectivity index (χ4v) is 10.6. The minimum atomic E-state index is -0.484. The van der Waals surface area contributed by atoms with E-state index in [-0.39, 0.29) is 22.0 Å². The Morgan fingerprint density at radius 2 is 0.962 bits per heavy atom. The molecule has 2 aliphatic rings. The van der Waals surface area contributed by atoms with E-state index in [0.717, 1.165) is 11.5 Å². The van der Waals surface area contributed by atoms with Crippen LogP contribution in [0.3, 0.4) is 0 Å². The van der Waals surface area contributed by atoms with E-state index in [2.05, 4.69) is 90.1 Å². The molecule has 0 spiro atoms. The Kier molecular flexibility index (Phi) is 4.37. The smallest absolute Gasteiger partial charge is 0.162 e. The normalized spacial score (nSPS) is 27.5. The van der Waals surface area contributed by atoms with Gasteiger partial charge in [0.1, 0.15) is 11.5 Å². The molecule has 2 aromatic carbocycles. The molecule has 0 radical (unpaired) electrons. The van der Waals surface area contributed by atoms with Gasteiger partial charge in [-0.1, -0.05) is 77.9 Å². The first-order valence-electron chi connectivity index (χ1n) is 9.28. The highest BCUT2D eigenvalue weighted by atomic mass is 31.1. The van der Waals surface area contributed by atoms with Gasteiger partial charge in [0.05, 0.1) is 0 Å². The molecule has 138 valence electrons. The van der Waals surface area contributed by atoms with Gasteiger partial charge in [-0.2, -0.15) is 0 Å². The summed E-state index contributed by atoms with van der Waals surface area (Å²) in [7, 11) is -0.968. The van der Waals surface area contributed by atoms with Crippen LogP contribution in [0.2, 0.25) is 0 Å². The fraction of sp³-hybridized carbons (Fsp3) is 0.455. The summed E-state index contributed by atoms with van der Waals surface area (Å²) >= 11 is 0. The average Bonchev–Trinajstić information content (AvgIpc) is 3.12. The van der Waals surface area contributed by atoms with E-state index in [1.54, 1.807) is 0 Å². The van der Waals surface area contributed by atoms with E-state index >= 15 is 0 Å². The molecule has 2 aliphatic heterocycles. The molecule has 0 saturated heterocycles. The molecule has 0 bridgehead atoms. The maximum absolute atomic E-state index is 6.61. The highest BCUT2D eigenvalue weighted by molar-refractivity contribution is 7.72. The number of hydrogen-bond donors (Lipinski definition) is 0. The van der Waals surface area contributed by atoms with E-state index < -0.39 is 15.8 Å². The molecule has 0 amide bonds. The summed E-state index contributed by atoms with van der Waals surface area (Å²) in [6, 6.07) is 17.2. The molecule has 0 aliphatic carbocycles. The van der Waals surface area contributed by atoms with Crippen LogP contribution in [0.4, 0.5) is 0 Å². The van der Waals surface area contributed by atoms with E-state index in [1.165, 1.54) is 10.6 Å². The molecule has 0 aromatic heterocycles. The van der Waals surface area contributed by atoms with Crippen molar-refractivity contribution < 1.29 is 9.47 Å². The maximum atomic E-state index is 6.61. The lowest BCUT2D eigenvalue weighted by molar-refractivity contribution is 0.171. The van der Waals surface area contributed by atoms with Gasteiger partial charge < -0.3 is 9.47 Å². The third-order valence-corrected chi connectivity index (χ3v) is 11.6. The Morgan fingerprint density at radius 3 is 1.31 bits per heavy atom. The van der Waals surface area contributed by atoms with E-state index in [0.29, 0.717) is 0 Å². The van der Waals surface area contributed by atoms with Crippen LogP contribution in [0.5, 0.6) is 11.5 Å². The van der Waals surface area contributed by atoms with Crippen molar-refractivity contribution in [1.82, 2.24) is 0 Å². The summed E-state index contributed by atoms with van der Waals surface area (Å²) in [5.74, 6) is 2.34. The monoisotopic (exact) mass is 386 g/mol. The summed E-state index contributed by atoms with van der Waals surface area (Å²) < 4.78 is 13.2. The zero-order valence-corrected chi connectivity index (χ0v) is 18.3. The van der Waals surface area contributed by atoms with Crippen LogP contribution in [-0.4, -0.2) is 22.0 Å². The lowest BCUT2D eigenvalue weighted by Crippen LogP contribution is -2.37. The van der Waals surface area contributed by atoms with Crippen molar-refractivity contribution in [3.8, 4) is 11.5 Å². The van der Waals surface area contributed by atoms with Crippen molar-refractivity contribution in [2.24, 2.45) is 0 Å². The van der Waals surface area contributed by atoms with Crippen LogP contribution >= 0.6 is 15.8 Å². The molecule has 0 unspecified atom stereocenters. The van der Waals surface area contributed by atoms with Crippen molar-refractivity contribution in [2.75, 3.05) is 0 Å². The van der Waals surface area contributed by atoms with Crippen molar-refractivity contribution in [1.29, 1.82) is 0 Å². The second kappa shape index (κ2) is 6.22. The Bertz CT molecular complexity index is 750. The number of rotatable bonds is 1. The molecule has 4 heteroatoms. The Hall–Kier alpha value is -1.10. The quantitative estimate of drug-likeness (QED) is 0.591. The second-order valence-corrected chi connectivity index (χ2v) is 15.2. The van der Waals surface area contributed by atoms with Gasteiger partial charge in [0.15, 0.2) is 11.7 Å². The molecule has 2 nitrogen and oxygen atoms in total. The fourth-order valence-electron chi connectivity index (χ4n) is 4.01. The van der Waals surface area contributed by atoms with Crippen LogP contribution in [-0.2, 0) is 0 Å². The van der Waals surface area contributed by atoms with Crippen LogP contribution in [0, 0.1) is 0 Å². The predicted octanol–water partition coefficient (Wildman–Crippen LogP) is 5.64. The van der Waals surface area contributed by atoms with Crippen LogP contribution in [0.1, 0.15) is 41.5 Å². The molecule has 2 aromatic rings. The average molecular weight is 386 g/mol. The third kappa shape index (κ3) is 2.96. The molecule has 0 saturated carbocycles.